The monoisotopic (exact) mass is 346 g/mol. The number of hydrogen-bond donors (Lipinski definition) is 2. The van der Waals surface area contributed by atoms with E-state index in [0.717, 1.165) is 51.9 Å². The third kappa shape index (κ3) is 6.74. The number of rotatable bonds is 6. The van der Waals surface area contributed by atoms with Crippen molar-refractivity contribution in [2.24, 2.45) is 0 Å². The predicted octanol–water partition coefficient (Wildman–Crippen LogP) is -0.399. The second-order valence-corrected chi connectivity index (χ2v) is 8.52. The fourth-order valence-electron chi connectivity index (χ4n) is 3.47. The van der Waals surface area contributed by atoms with Crippen LogP contribution in [0.25, 0.3) is 0 Å². The van der Waals surface area contributed by atoms with Crippen LogP contribution in [-0.4, -0.2) is 81.7 Å². The second-order valence-electron chi connectivity index (χ2n) is 6.74. The third-order valence-corrected chi connectivity index (χ3v) is 5.41. The summed E-state index contributed by atoms with van der Waals surface area (Å²) in [5.74, 6) is 0.0555. The van der Waals surface area contributed by atoms with Gasteiger partial charge in [0.2, 0.25) is 15.9 Å². The molecule has 7 nitrogen and oxygen atoms in total. The number of piperidine rings is 2. The van der Waals surface area contributed by atoms with Crippen LogP contribution in [0.1, 0.15) is 32.6 Å². The molecule has 2 saturated heterocycles. The van der Waals surface area contributed by atoms with Gasteiger partial charge in [0.05, 0.1) is 12.8 Å². The first kappa shape index (κ1) is 18.6. The molecule has 0 spiro atoms. The SMILES string of the molecule is CCN1CCC(NC(=O)CN2CCC[C@H](NS(C)(=O)=O)C2)CC1. The van der Waals surface area contributed by atoms with Crippen LogP contribution in [0.5, 0.6) is 0 Å². The number of amides is 1. The van der Waals surface area contributed by atoms with E-state index in [1.807, 2.05) is 4.90 Å². The van der Waals surface area contributed by atoms with Gasteiger partial charge in [0.15, 0.2) is 0 Å². The minimum atomic E-state index is -3.19. The van der Waals surface area contributed by atoms with Gasteiger partial charge in [0, 0.05) is 31.7 Å². The molecule has 0 radical (unpaired) electrons. The number of sulfonamides is 1. The number of nitrogens with one attached hydrogen (secondary N) is 2. The van der Waals surface area contributed by atoms with Gasteiger partial charge < -0.3 is 10.2 Å². The van der Waals surface area contributed by atoms with Crippen LogP contribution in [0.2, 0.25) is 0 Å². The van der Waals surface area contributed by atoms with Crippen molar-refractivity contribution in [3.8, 4) is 0 Å². The summed E-state index contributed by atoms with van der Waals surface area (Å²) in [7, 11) is -3.19. The lowest BCUT2D eigenvalue weighted by Crippen LogP contribution is -2.51. The molecule has 0 unspecified atom stereocenters. The Morgan fingerprint density at radius 3 is 2.39 bits per heavy atom. The molecule has 0 aromatic rings. The van der Waals surface area contributed by atoms with E-state index in [1.165, 1.54) is 6.26 Å². The number of carbonyl (C=O) groups excluding carboxylic acids is 1. The zero-order valence-corrected chi connectivity index (χ0v) is 15.1. The van der Waals surface area contributed by atoms with E-state index in [1.54, 1.807) is 0 Å². The van der Waals surface area contributed by atoms with Gasteiger partial charge in [-0.2, -0.15) is 0 Å². The smallest absolute Gasteiger partial charge is 0.234 e. The maximum atomic E-state index is 12.2. The van der Waals surface area contributed by atoms with Gasteiger partial charge in [-0.3, -0.25) is 9.69 Å². The molecule has 0 bridgehead atoms. The molecule has 1 amide bonds. The first-order valence-electron chi connectivity index (χ1n) is 8.57. The lowest BCUT2D eigenvalue weighted by molar-refractivity contribution is -0.123. The maximum Gasteiger partial charge on any atom is 0.234 e. The van der Waals surface area contributed by atoms with Crippen LogP contribution >= 0.6 is 0 Å². The normalized spacial score (nSPS) is 25.4. The van der Waals surface area contributed by atoms with Crippen LogP contribution in [0.3, 0.4) is 0 Å². The van der Waals surface area contributed by atoms with Crippen molar-refractivity contribution in [3.05, 3.63) is 0 Å². The molecule has 8 heteroatoms. The summed E-state index contributed by atoms with van der Waals surface area (Å²) >= 11 is 0. The van der Waals surface area contributed by atoms with Crippen LogP contribution in [-0.2, 0) is 14.8 Å². The molecule has 0 aromatic carbocycles. The van der Waals surface area contributed by atoms with Crippen LogP contribution in [0.4, 0.5) is 0 Å². The Hall–Kier alpha value is -0.700. The zero-order chi connectivity index (χ0) is 16.9. The molecule has 2 N–H and O–H groups in total. The van der Waals surface area contributed by atoms with Crippen LogP contribution in [0, 0.1) is 0 Å². The number of likely N-dealkylation sites (tertiary alicyclic amines) is 2. The van der Waals surface area contributed by atoms with Crippen molar-refractivity contribution in [3.63, 3.8) is 0 Å². The minimum Gasteiger partial charge on any atom is -0.352 e. The molecule has 0 aliphatic carbocycles. The van der Waals surface area contributed by atoms with Crippen molar-refractivity contribution >= 4 is 15.9 Å². The summed E-state index contributed by atoms with van der Waals surface area (Å²) in [6.45, 7) is 7.14. The van der Waals surface area contributed by atoms with Gasteiger partial charge in [0.25, 0.3) is 0 Å². The van der Waals surface area contributed by atoms with Gasteiger partial charge in [0.1, 0.15) is 0 Å². The molecular formula is C15H30N4O3S. The Kier molecular flexibility index (Phi) is 6.82. The molecule has 2 heterocycles. The van der Waals surface area contributed by atoms with Crippen molar-refractivity contribution < 1.29 is 13.2 Å². The molecule has 134 valence electrons. The van der Waals surface area contributed by atoms with Crippen LogP contribution < -0.4 is 10.0 Å². The third-order valence-electron chi connectivity index (χ3n) is 4.65. The Labute approximate surface area is 139 Å². The maximum absolute atomic E-state index is 12.2. The molecule has 2 fully saturated rings. The summed E-state index contributed by atoms with van der Waals surface area (Å²) in [6.07, 6.45) is 4.95. The number of carbonyl (C=O) groups is 1. The summed E-state index contributed by atoms with van der Waals surface area (Å²) < 4.78 is 25.3. The predicted molar refractivity (Wildman–Crippen MR) is 90.7 cm³/mol. The van der Waals surface area contributed by atoms with Crippen molar-refractivity contribution in [2.45, 2.75) is 44.7 Å². The highest BCUT2D eigenvalue weighted by molar-refractivity contribution is 7.88. The first-order chi connectivity index (χ1) is 10.9. The van der Waals surface area contributed by atoms with E-state index >= 15 is 0 Å². The van der Waals surface area contributed by atoms with Gasteiger partial charge >= 0.3 is 0 Å². The second kappa shape index (κ2) is 8.41. The fraction of sp³-hybridized carbons (Fsp3) is 0.933. The Bertz CT molecular complexity index is 489. The number of hydrogen-bond acceptors (Lipinski definition) is 5. The lowest BCUT2D eigenvalue weighted by atomic mass is 10.0. The Balaban J connectivity index is 1.72. The minimum absolute atomic E-state index is 0.0555. The molecular weight excluding hydrogens is 316 g/mol. The highest BCUT2D eigenvalue weighted by Gasteiger charge is 2.25. The lowest BCUT2D eigenvalue weighted by Gasteiger charge is -2.34. The van der Waals surface area contributed by atoms with E-state index < -0.39 is 10.0 Å². The summed E-state index contributed by atoms with van der Waals surface area (Å²) in [5.41, 5.74) is 0. The summed E-state index contributed by atoms with van der Waals surface area (Å²) in [6, 6.07) is 0.194. The standard InChI is InChI=1S/C15H30N4O3S/c1-3-18-9-6-13(7-10-18)16-15(20)12-19-8-4-5-14(11-19)17-23(2,21)22/h13-14,17H,3-12H2,1-2H3,(H,16,20)/t14-/m0/s1. The van der Waals surface area contributed by atoms with Gasteiger partial charge in [-0.1, -0.05) is 6.92 Å². The fourth-order valence-corrected chi connectivity index (χ4v) is 4.27. The molecule has 0 aromatic heterocycles. The number of nitrogens with zero attached hydrogens (tertiary/aromatic N) is 2. The molecule has 1 atom stereocenters. The molecule has 2 aliphatic rings. The summed E-state index contributed by atoms with van der Waals surface area (Å²) in [4.78, 5) is 16.7. The first-order valence-corrected chi connectivity index (χ1v) is 10.5. The van der Waals surface area contributed by atoms with E-state index in [4.69, 9.17) is 0 Å². The van der Waals surface area contributed by atoms with Gasteiger partial charge in [-0.05, 0) is 38.8 Å². The van der Waals surface area contributed by atoms with E-state index in [0.29, 0.717) is 13.1 Å². The Morgan fingerprint density at radius 2 is 1.78 bits per heavy atom. The average Bonchev–Trinajstić information content (AvgIpc) is 2.46. The average molecular weight is 346 g/mol. The molecule has 2 rings (SSSR count). The van der Waals surface area contributed by atoms with Gasteiger partial charge in [-0.25, -0.2) is 13.1 Å². The van der Waals surface area contributed by atoms with Crippen molar-refractivity contribution in [1.82, 2.24) is 19.8 Å². The van der Waals surface area contributed by atoms with Crippen LogP contribution in [0.15, 0.2) is 0 Å². The molecule has 0 saturated carbocycles. The van der Waals surface area contributed by atoms with Crippen molar-refractivity contribution in [2.75, 3.05) is 45.5 Å². The largest absolute Gasteiger partial charge is 0.352 e. The Morgan fingerprint density at radius 1 is 1.09 bits per heavy atom. The highest BCUT2D eigenvalue weighted by Crippen LogP contribution is 2.12. The topological polar surface area (TPSA) is 81.8 Å². The highest BCUT2D eigenvalue weighted by atomic mass is 32.2. The van der Waals surface area contributed by atoms with Crippen molar-refractivity contribution in [1.29, 1.82) is 0 Å². The summed E-state index contributed by atoms with van der Waals surface area (Å²) in [5, 5.41) is 3.13. The van der Waals surface area contributed by atoms with E-state index in [2.05, 4.69) is 21.9 Å². The van der Waals surface area contributed by atoms with E-state index in [9.17, 15) is 13.2 Å². The van der Waals surface area contributed by atoms with Gasteiger partial charge in [-0.15, -0.1) is 0 Å². The quantitative estimate of drug-likeness (QED) is 0.684. The molecule has 23 heavy (non-hydrogen) atoms. The van der Waals surface area contributed by atoms with E-state index in [-0.39, 0.29) is 18.0 Å². The zero-order valence-electron chi connectivity index (χ0n) is 14.3. The molecule has 2 aliphatic heterocycles.